The number of hydrogen-bond donors (Lipinski definition) is 0. The SMILES string of the molecule is COC1CCC(CCC2CCC(CCF)CC2)C(=O)O1. The third-order valence-corrected chi connectivity index (χ3v) is 5.00. The van der Waals surface area contributed by atoms with Gasteiger partial charge in [0.05, 0.1) is 12.6 Å². The molecule has 2 aliphatic rings. The Kier molecular flexibility index (Phi) is 6.27. The maximum atomic E-state index is 12.3. The topological polar surface area (TPSA) is 35.5 Å². The van der Waals surface area contributed by atoms with E-state index in [2.05, 4.69) is 0 Å². The molecule has 0 aromatic heterocycles. The second-order valence-electron chi connectivity index (χ2n) is 6.32. The zero-order valence-corrected chi connectivity index (χ0v) is 12.5. The second-order valence-corrected chi connectivity index (χ2v) is 6.32. The molecule has 0 aromatic rings. The minimum absolute atomic E-state index is 0.0602. The fourth-order valence-corrected chi connectivity index (χ4v) is 3.57. The molecule has 4 heteroatoms. The Labute approximate surface area is 121 Å². The molecular formula is C16H27FO3. The summed E-state index contributed by atoms with van der Waals surface area (Å²) in [6, 6.07) is 0. The summed E-state index contributed by atoms with van der Waals surface area (Å²) in [6.45, 7) is -0.177. The molecule has 20 heavy (non-hydrogen) atoms. The molecule has 1 saturated heterocycles. The van der Waals surface area contributed by atoms with Gasteiger partial charge in [-0.15, -0.1) is 0 Å². The van der Waals surface area contributed by atoms with Crippen molar-refractivity contribution in [2.75, 3.05) is 13.8 Å². The number of carbonyl (C=O) groups excluding carboxylic acids is 1. The highest BCUT2D eigenvalue weighted by Crippen LogP contribution is 2.35. The van der Waals surface area contributed by atoms with Gasteiger partial charge in [0.15, 0.2) is 0 Å². The van der Waals surface area contributed by atoms with Crippen LogP contribution in [0.15, 0.2) is 0 Å². The molecule has 3 nitrogen and oxygen atoms in total. The normalized spacial score (nSPS) is 34.8. The van der Waals surface area contributed by atoms with E-state index in [1.54, 1.807) is 7.11 Å². The molecule has 0 aromatic carbocycles. The van der Waals surface area contributed by atoms with Gasteiger partial charge in [0, 0.05) is 13.5 Å². The zero-order chi connectivity index (χ0) is 14.4. The summed E-state index contributed by atoms with van der Waals surface area (Å²) in [5.74, 6) is 1.29. The van der Waals surface area contributed by atoms with E-state index in [1.807, 2.05) is 0 Å². The van der Waals surface area contributed by atoms with Crippen LogP contribution in [-0.2, 0) is 14.3 Å². The van der Waals surface area contributed by atoms with Crippen molar-refractivity contribution in [1.29, 1.82) is 0 Å². The van der Waals surface area contributed by atoms with Crippen LogP contribution in [0.2, 0.25) is 0 Å². The largest absolute Gasteiger partial charge is 0.436 e. The van der Waals surface area contributed by atoms with Gasteiger partial charge in [-0.3, -0.25) is 9.18 Å². The van der Waals surface area contributed by atoms with Gasteiger partial charge in [0.2, 0.25) is 6.29 Å². The van der Waals surface area contributed by atoms with Crippen molar-refractivity contribution < 1.29 is 18.7 Å². The van der Waals surface area contributed by atoms with Gasteiger partial charge in [0.1, 0.15) is 0 Å². The van der Waals surface area contributed by atoms with Crippen molar-refractivity contribution in [3.63, 3.8) is 0 Å². The van der Waals surface area contributed by atoms with E-state index >= 15 is 0 Å². The number of rotatable bonds is 6. The quantitative estimate of drug-likeness (QED) is 0.696. The number of hydrogen-bond acceptors (Lipinski definition) is 3. The maximum absolute atomic E-state index is 12.3. The Hall–Kier alpha value is -0.640. The molecule has 1 aliphatic heterocycles. The standard InChI is InChI=1S/C16H27FO3/c1-19-15-9-8-14(16(18)20-15)7-6-12-2-4-13(5-3-12)10-11-17/h12-15H,2-11H2,1H3. The highest BCUT2D eigenvalue weighted by Gasteiger charge is 2.31. The molecule has 0 spiro atoms. The van der Waals surface area contributed by atoms with Crippen molar-refractivity contribution in [3.8, 4) is 0 Å². The van der Waals surface area contributed by atoms with Crippen LogP contribution >= 0.6 is 0 Å². The number of alkyl halides is 1. The van der Waals surface area contributed by atoms with Crippen molar-refractivity contribution >= 4 is 5.97 Å². The van der Waals surface area contributed by atoms with Gasteiger partial charge < -0.3 is 9.47 Å². The van der Waals surface area contributed by atoms with Crippen LogP contribution in [0.25, 0.3) is 0 Å². The van der Waals surface area contributed by atoms with Crippen LogP contribution < -0.4 is 0 Å². The Morgan fingerprint density at radius 2 is 1.70 bits per heavy atom. The Bertz CT molecular complexity index is 300. The highest BCUT2D eigenvalue weighted by atomic mass is 19.1. The lowest BCUT2D eigenvalue weighted by molar-refractivity contribution is -0.190. The molecule has 1 heterocycles. The summed E-state index contributed by atoms with van der Waals surface area (Å²) in [7, 11) is 1.58. The number of carbonyl (C=O) groups is 1. The van der Waals surface area contributed by atoms with Crippen molar-refractivity contribution in [2.45, 2.75) is 64.1 Å². The molecule has 0 amide bonds. The number of cyclic esters (lactones) is 1. The van der Waals surface area contributed by atoms with E-state index in [0.717, 1.165) is 50.9 Å². The van der Waals surface area contributed by atoms with Gasteiger partial charge in [-0.25, -0.2) is 0 Å². The molecule has 0 radical (unpaired) electrons. The van der Waals surface area contributed by atoms with Crippen LogP contribution in [-0.4, -0.2) is 26.0 Å². The van der Waals surface area contributed by atoms with E-state index in [9.17, 15) is 9.18 Å². The van der Waals surface area contributed by atoms with Gasteiger partial charge in [0.25, 0.3) is 0 Å². The molecule has 2 fully saturated rings. The van der Waals surface area contributed by atoms with Crippen molar-refractivity contribution in [2.24, 2.45) is 17.8 Å². The number of ether oxygens (including phenoxy) is 2. The zero-order valence-electron chi connectivity index (χ0n) is 12.5. The molecule has 1 saturated carbocycles. The van der Waals surface area contributed by atoms with Crippen LogP contribution in [0.3, 0.4) is 0 Å². The van der Waals surface area contributed by atoms with Crippen molar-refractivity contribution in [1.82, 2.24) is 0 Å². The molecule has 116 valence electrons. The summed E-state index contributed by atoms with van der Waals surface area (Å²) < 4.78 is 22.6. The molecule has 0 bridgehead atoms. The summed E-state index contributed by atoms with van der Waals surface area (Å²) >= 11 is 0. The third-order valence-electron chi connectivity index (χ3n) is 5.00. The first-order valence-electron chi connectivity index (χ1n) is 8.02. The summed E-state index contributed by atoms with van der Waals surface area (Å²) in [6.07, 6.45) is 8.87. The second kappa shape index (κ2) is 7.96. The van der Waals surface area contributed by atoms with Crippen LogP contribution in [0.5, 0.6) is 0 Å². The molecule has 2 atom stereocenters. The number of esters is 1. The predicted molar refractivity (Wildman–Crippen MR) is 74.9 cm³/mol. The van der Waals surface area contributed by atoms with Gasteiger partial charge in [-0.05, 0) is 37.5 Å². The highest BCUT2D eigenvalue weighted by molar-refractivity contribution is 5.73. The minimum atomic E-state index is -0.338. The molecule has 2 rings (SSSR count). The first kappa shape index (κ1) is 15.7. The van der Waals surface area contributed by atoms with Crippen molar-refractivity contribution in [3.05, 3.63) is 0 Å². The molecular weight excluding hydrogens is 259 g/mol. The van der Waals surface area contributed by atoms with Crippen LogP contribution in [0.4, 0.5) is 4.39 Å². The lowest BCUT2D eigenvalue weighted by Crippen LogP contribution is -2.32. The third kappa shape index (κ3) is 4.44. The lowest BCUT2D eigenvalue weighted by atomic mass is 9.77. The Morgan fingerprint density at radius 1 is 1.05 bits per heavy atom. The average Bonchev–Trinajstić information content (AvgIpc) is 2.48. The smallest absolute Gasteiger partial charge is 0.311 e. The first-order valence-corrected chi connectivity index (χ1v) is 8.02. The fraction of sp³-hybridized carbons (Fsp3) is 0.938. The van der Waals surface area contributed by atoms with E-state index in [0.29, 0.717) is 5.92 Å². The minimum Gasteiger partial charge on any atom is -0.436 e. The summed E-state index contributed by atoms with van der Waals surface area (Å²) in [4.78, 5) is 11.8. The monoisotopic (exact) mass is 286 g/mol. The number of methoxy groups -OCH3 is 1. The fourth-order valence-electron chi connectivity index (χ4n) is 3.57. The average molecular weight is 286 g/mol. The predicted octanol–water partition coefficient (Wildman–Crippen LogP) is 3.86. The molecule has 2 unspecified atom stereocenters. The van der Waals surface area contributed by atoms with Crippen LogP contribution in [0.1, 0.15) is 57.8 Å². The number of halogens is 1. The Morgan fingerprint density at radius 3 is 2.25 bits per heavy atom. The summed E-state index contributed by atoms with van der Waals surface area (Å²) in [5.41, 5.74) is 0. The molecule has 0 N–H and O–H groups in total. The van der Waals surface area contributed by atoms with Gasteiger partial charge >= 0.3 is 5.97 Å². The summed E-state index contributed by atoms with van der Waals surface area (Å²) in [5, 5.41) is 0. The van der Waals surface area contributed by atoms with Gasteiger partial charge in [-0.2, -0.15) is 0 Å². The van der Waals surface area contributed by atoms with E-state index in [4.69, 9.17) is 9.47 Å². The van der Waals surface area contributed by atoms with E-state index < -0.39 is 0 Å². The van der Waals surface area contributed by atoms with Gasteiger partial charge in [-0.1, -0.05) is 25.7 Å². The van der Waals surface area contributed by atoms with E-state index in [-0.39, 0.29) is 24.9 Å². The Balaban J connectivity index is 1.65. The molecule has 1 aliphatic carbocycles. The maximum Gasteiger partial charge on any atom is 0.311 e. The van der Waals surface area contributed by atoms with Crippen LogP contribution in [0, 0.1) is 17.8 Å². The van der Waals surface area contributed by atoms with E-state index in [1.165, 1.54) is 12.8 Å². The lowest BCUT2D eigenvalue weighted by Gasteiger charge is -2.30. The first-order chi connectivity index (χ1) is 9.72.